The number of unbranched alkanes of at least 4 members (excludes halogenated alkanes) is 5. The molecule has 6 heteroatoms. The van der Waals surface area contributed by atoms with Gasteiger partial charge in [-0.2, -0.15) is 0 Å². The van der Waals surface area contributed by atoms with Gasteiger partial charge in [-0.15, -0.1) is 6.42 Å². The largest absolute Gasteiger partial charge is 0.466 e. The van der Waals surface area contributed by atoms with Crippen LogP contribution in [0.15, 0.2) is 47.5 Å². The molecule has 37 heavy (non-hydrogen) atoms. The van der Waals surface area contributed by atoms with E-state index in [2.05, 4.69) is 29.2 Å². The third-order valence-corrected chi connectivity index (χ3v) is 6.79. The Kier molecular flexibility index (Phi) is 11.2. The van der Waals surface area contributed by atoms with Gasteiger partial charge < -0.3 is 15.8 Å². The van der Waals surface area contributed by atoms with Crippen molar-refractivity contribution >= 4 is 23.4 Å². The number of benzene rings is 2. The van der Waals surface area contributed by atoms with Crippen molar-refractivity contribution in [1.82, 2.24) is 0 Å². The Morgan fingerprint density at radius 3 is 2.54 bits per heavy atom. The SMILES string of the molecule is C#CCN=C(N)c1ccc(C(=O)Nc2ccc3c(c2)CCC(CC(=O)OCCCCCCCC)C3)cc1. The number of hydrogen-bond acceptors (Lipinski definition) is 4. The smallest absolute Gasteiger partial charge is 0.306 e. The number of fused-ring (bicyclic) bond motifs is 1. The Balaban J connectivity index is 1.45. The predicted molar refractivity (Wildman–Crippen MR) is 150 cm³/mol. The number of nitrogens with zero attached hydrogens (tertiary/aromatic N) is 1. The van der Waals surface area contributed by atoms with Crippen LogP contribution in [-0.2, 0) is 22.4 Å². The first-order valence-corrected chi connectivity index (χ1v) is 13.4. The Morgan fingerprint density at radius 2 is 1.78 bits per heavy atom. The van der Waals surface area contributed by atoms with Crippen LogP contribution in [0.5, 0.6) is 0 Å². The van der Waals surface area contributed by atoms with Crippen LogP contribution in [0, 0.1) is 18.3 Å². The second kappa shape index (κ2) is 14.8. The molecule has 3 N–H and O–H groups in total. The molecule has 2 aromatic rings. The number of aryl methyl sites for hydroxylation is 1. The highest BCUT2D eigenvalue weighted by Crippen LogP contribution is 2.30. The van der Waals surface area contributed by atoms with Crippen LogP contribution in [0.2, 0.25) is 0 Å². The summed E-state index contributed by atoms with van der Waals surface area (Å²) in [6, 6.07) is 13.0. The normalized spacial score (nSPS) is 14.9. The van der Waals surface area contributed by atoms with Gasteiger partial charge in [0.2, 0.25) is 0 Å². The third-order valence-electron chi connectivity index (χ3n) is 6.79. The second-order valence-corrected chi connectivity index (χ2v) is 9.72. The van der Waals surface area contributed by atoms with Gasteiger partial charge in [-0.1, -0.05) is 63.1 Å². The van der Waals surface area contributed by atoms with Gasteiger partial charge in [0.1, 0.15) is 12.4 Å². The van der Waals surface area contributed by atoms with Crippen LogP contribution in [0.25, 0.3) is 0 Å². The Bertz CT molecular complexity index is 1120. The fraction of sp³-hybridized carbons (Fsp3) is 0.452. The van der Waals surface area contributed by atoms with Gasteiger partial charge in [0.25, 0.3) is 5.91 Å². The topological polar surface area (TPSA) is 93.8 Å². The number of aliphatic imine (C=N–C) groups is 1. The minimum absolute atomic E-state index is 0.0824. The fourth-order valence-corrected chi connectivity index (χ4v) is 4.66. The summed E-state index contributed by atoms with van der Waals surface area (Å²) in [5.41, 5.74) is 10.4. The first-order chi connectivity index (χ1) is 18.0. The van der Waals surface area contributed by atoms with E-state index in [-0.39, 0.29) is 18.4 Å². The summed E-state index contributed by atoms with van der Waals surface area (Å²) in [5, 5.41) is 2.98. The van der Waals surface area contributed by atoms with Crippen molar-refractivity contribution in [1.29, 1.82) is 0 Å². The zero-order valence-corrected chi connectivity index (χ0v) is 21.9. The van der Waals surface area contributed by atoms with Gasteiger partial charge in [-0.3, -0.25) is 14.6 Å². The summed E-state index contributed by atoms with van der Waals surface area (Å²) < 4.78 is 5.47. The fourth-order valence-electron chi connectivity index (χ4n) is 4.66. The van der Waals surface area contributed by atoms with Crippen LogP contribution >= 0.6 is 0 Å². The number of nitrogens with two attached hydrogens (primary N) is 1. The van der Waals surface area contributed by atoms with Gasteiger partial charge in [0, 0.05) is 23.2 Å². The van der Waals surface area contributed by atoms with E-state index in [4.69, 9.17) is 16.9 Å². The van der Waals surface area contributed by atoms with E-state index < -0.39 is 0 Å². The van der Waals surface area contributed by atoms with Crippen molar-refractivity contribution in [2.75, 3.05) is 18.5 Å². The summed E-state index contributed by atoms with van der Waals surface area (Å²) in [5.74, 6) is 2.81. The molecule has 0 radical (unpaired) electrons. The molecular formula is C31H39N3O3. The average Bonchev–Trinajstić information content (AvgIpc) is 2.91. The Morgan fingerprint density at radius 1 is 1.05 bits per heavy atom. The number of nitrogens with one attached hydrogen (secondary N) is 1. The molecule has 0 fully saturated rings. The lowest BCUT2D eigenvalue weighted by Crippen LogP contribution is -2.20. The average molecular weight is 502 g/mol. The molecule has 196 valence electrons. The number of carbonyl (C=O) groups is 2. The van der Waals surface area contributed by atoms with Crippen LogP contribution in [0.1, 0.15) is 85.3 Å². The predicted octanol–water partition coefficient (Wildman–Crippen LogP) is 5.68. The molecule has 0 saturated heterocycles. The summed E-state index contributed by atoms with van der Waals surface area (Å²) in [4.78, 5) is 29.1. The molecule has 1 atom stereocenters. The maximum atomic E-state index is 12.7. The number of anilines is 1. The highest BCUT2D eigenvalue weighted by molar-refractivity contribution is 6.05. The maximum Gasteiger partial charge on any atom is 0.306 e. The number of terminal acetylenes is 1. The zero-order chi connectivity index (χ0) is 26.5. The van der Waals surface area contributed by atoms with Crippen molar-refractivity contribution in [3.8, 4) is 12.3 Å². The highest BCUT2D eigenvalue weighted by atomic mass is 16.5. The summed E-state index contributed by atoms with van der Waals surface area (Å²) >= 11 is 0. The lowest BCUT2D eigenvalue weighted by Gasteiger charge is -2.24. The third kappa shape index (κ3) is 9.09. The van der Waals surface area contributed by atoms with E-state index in [0.29, 0.717) is 30.3 Å². The molecule has 6 nitrogen and oxygen atoms in total. The van der Waals surface area contributed by atoms with E-state index in [1.165, 1.54) is 36.8 Å². The van der Waals surface area contributed by atoms with E-state index in [0.717, 1.165) is 43.4 Å². The minimum atomic E-state index is -0.188. The molecule has 3 rings (SSSR count). The van der Waals surface area contributed by atoms with E-state index in [1.807, 2.05) is 12.1 Å². The first-order valence-electron chi connectivity index (χ1n) is 13.4. The van der Waals surface area contributed by atoms with E-state index in [1.54, 1.807) is 24.3 Å². The quantitative estimate of drug-likeness (QED) is 0.121. The second-order valence-electron chi connectivity index (χ2n) is 9.72. The van der Waals surface area contributed by atoms with Crippen molar-refractivity contribution in [3.05, 3.63) is 64.7 Å². The molecule has 0 spiro atoms. The molecule has 2 aromatic carbocycles. The van der Waals surface area contributed by atoms with E-state index >= 15 is 0 Å². The number of carbonyl (C=O) groups excluding carboxylic acids is 2. The molecule has 0 aromatic heterocycles. The highest BCUT2D eigenvalue weighted by Gasteiger charge is 2.22. The lowest BCUT2D eigenvalue weighted by atomic mass is 9.82. The molecular weight excluding hydrogens is 462 g/mol. The Labute approximate surface area is 221 Å². The van der Waals surface area contributed by atoms with Crippen molar-refractivity contribution in [2.45, 2.75) is 71.1 Å². The number of esters is 1. The first kappa shape index (κ1) is 28.0. The van der Waals surface area contributed by atoms with Crippen molar-refractivity contribution in [3.63, 3.8) is 0 Å². The van der Waals surface area contributed by atoms with Gasteiger partial charge >= 0.3 is 5.97 Å². The number of hydrogen-bond donors (Lipinski definition) is 2. The molecule has 0 heterocycles. The lowest BCUT2D eigenvalue weighted by molar-refractivity contribution is -0.145. The number of amides is 1. The number of rotatable bonds is 13. The van der Waals surface area contributed by atoms with Gasteiger partial charge in [-0.05, 0) is 67.0 Å². The zero-order valence-electron chi connectivity index (χ0n) is 21.9. The summed E-state index contributed by atoms with van der Waals surface area (Å²) in [7, 11) is 0. The molecule has 0 bridgehead atoms. The monoisotopic (exact) mass is 501 g/mol. The van der Waals surface area contributed by atoms with Gasteiger partial charge in [0.05, 0.1) is 6.61 Å². The molecule has 1 aliphatic carbocycles. The van der Waals surface area contributed by atoms with Gasteiger partial charge in [0.15, 0.2) is 0 Å². The molecule has 1 unspecified atom stereocenters. The number of ether oxygens (including phenoxy) is 1. The van der Waals surface area contributed by atoms with Crippen molar-refractivity contribution < 1.29 is 14.3 Å². The minimum Gasteiger partial charge on any atom is -0.466 e. The van der Waals surface area contributed by atoms with Gasteiger partial charge in [-0.25, -0.2) is 0 Å². The van der Waals surface area contributed by atoms with Crippen molar-refractivity contribution in [2.24, 2.45) is 16.6 Å². The van der Waals surface area contributed by atoms with Crippen LogP contribution in [0.4, 0.5) is 5.69 Å². The van der Waals surface area contributed by atoms with Crippen LogP contribution in [0.3, 0.4) is 0 Å². The number of amidine groups is 1. The Hall–Kier alpha value is -3.59. The van der Waals surface area contributed by atoms with Crippen LogP contribution in [-0.4, -0.2) is 30.9 Å². The summed E-state index contributed by atoms with van der Waals surface area (Å²) in [6.07, 6.45) is 15.5. The van der Waals surface area contributed by atoms with Crippen LogP contribution < -0.4 is 11.1 Å². The standard InChI is InChI=1S/C31H39N3O3/c1-3-5-6-7-8-9-19-37-29(35)21-23-10-11-27-22-28(17-16-26(27)20-23)34-31(36)25-14-12-24(13-15-25)30(32)33-18-4-2/h2,12-17,22-23H,3,5-11,18-21H2,1H3,(H2,32,33)(H,34,36). The van der Waals surface area contributed by atoms with E-state index in [9.17, 15) is 9.59 Å². The molecule has 0 aliphatic heterocycles. The summed E-state index contributed by atoms with van der Waals surface area (Å²) in [6.45, 7) is 2.96. The molecule has 0 saturated carbocycles. The molecule has 1 aliphatic rings. The molecule has 1 amide bonds. The maximum absolute atomic E-state index is 12.7.